The zero-order valence-corrected chi connectivity index (χ0v) is 8.39. The standard InChI is InChI=1S/C9H10BrNO/c1-2-6-4-3-5-7(8(6)10)9(11)12/h3-5H,2H2,1H3,(H2,11,12). The number of hydrogen-bond donors (Lipinski definition) is 1. The SMILES string of the molecule is CCc1cccc(C(N)=O)c1Br. The summed E-state index contributed by atoms with van der Waals surface area (Å²) in [6.45, 7) is 2.03. The number of halogens is 1. The molecule has 0 bridgehead atoms. The summed E-state index contributed by atoms with van der Waals surface area (Å²) in [4.78, 5) is 10.9. The molecule has 0 aromatic heterocycles. The molecule has 0 heterocycles. The van der Waals surface area contributed by atoms with Gasteiger partial charge in [0.15, 0.2) is 0 Å². The molecule has 12 heavy (non-hydrogen) atoms. The Morgan fingerprint density at radius 2 is 2.25 bits per heavy atom. The fraction of sp³-hybridized carbons (Fsp3) is 0.222. The quantitative estimate of drug-likeness (QED) is 0.827. The van der Waals surface area contributed by atoms with Crippen LogP contribution in [0.4, 0.5) is 0 Å². The predicted octanol–water partition coefficient (Wildman–Crippen LogP) is 2.11. The molecule has 3 heteroatoms. The number of carbonyl (C=O) groups excluding carboxylic acids is 1. The maximum atomic E-state index is 10.9. The van der Waals surface area contributed by atoms with Gasteiger partial charge in [-0.15, -0.1) is 0 Å². The van der Waals surface area contributed by atoms with Crippen LogP contribution in [0.25, 0.3) is 0 Å². The number of carbonyl (C=O) groups is 1. The second kappa shape index (κ2) is 3.72. The van der Waals surface area contributed by atoms with Crippen LogP contribution in [-0.4, -0.2) is 5.91 Å². The summed E-state index contributed by atoms with van der Waals surface area (Å²) in [6.07, 6.45) is 0.891. The van der Waals surface area contributed by atoms with Crippen molar-refractivity contribution in [3.63, 3.8) is 0 Å². The van der Waals surface area contributed by atoms with E-state index in [4.69, 9.17) is 5.73 Å². The summed E-state index contributed by atoms with van der Waals surface area (Å²) in [5, 5.41) is 0. The summed E-state index contributed by atoms with van der Waals surface area (Å²) in [5.74, 6) is -0.392. The Balaban J connectivity index is 3.23. The van der Waals surface area contributed by atoms with Crippen molar-refractivity contribution in [2.75, 3.05) is 0 Å². The molecule has 0 aliphatic rings. The molecular formula is C9H10BrNO. The number of benzene rings is 1. The highest BCUT2D eigenvalue weighted by molar-refractivity contribution is 9.10. The summed E-state index contributed by atoms with van der Waals surface area (Å²) in [6, 6.07) is 5.52. The summed E-state index contributed by atoms with van der Waals surface area (Å²) in [5.41, 5.74) is 6.82. The van der Waals surface area contributed by atoms with Gasteiger partial charge in [0.2, 0.25) is 5.91 Å². The molecule has 1 amide bonds. The van der Waals surface area contributed by atoms with Gasteiger partial charge in [-0.1, -0.05) is 19.1 Å². The van der Waals surface area contributed by atoms with E-state index in [-0.39, 0.29) is 0 Å². The Labute approximate surface area is 79.9 Å². The second-order valence-corrected chi connectivity index (χ2v) is 3.29. The second-order valence-electron chi connectivity index (χ2n) is 2.50. The largest absolute Gasteiger partial charge is 0.366 e. The van der Waals surface area contributed by atoms with Crippen molar-refractivity contribution >= 4 is 21.8 Å². The van der Waals surface area contributed by atoms with Gasteiger partial charge in [0.05, 0.1) is 5.56 Å². The molecule has 0 unspecified atom stereocenters. The highest BCUT2D eigenvalue weighted by atomic mass is 79.9. The topological polar surface area (TPSA) is 43.1 Å². The van der Waals surface area contributed by atoms with Gasteiger partial charge < -0.3 is 5.73 Å². The molecule has 0 fully saturated rings. The summed E-state index contributed by atoms with van der Waals surface area (Å²) >= 11 is 3.34. The molecule has 1 rings (SSSR count). The number of rotatable bonds is 2. The van der Waals surface area contributed by atoms with E-state index in [2.05, 4.69) is 15.9 Å². The van der Waals surface area contributed by atoms with E-state index in [1.807, 2.05) is 19.1 Å². The van der Waals surface area contributed by atoms with Gasteiger partial charge in [-0.25, -0.2) is 0 Å². The van der Waals surface area contributed by atoms with Crippen molar-refractivity contribution in [2.24, 2.45) is 5.73 Å². The van der Waals surface area contributed by atoms with Gasteiger partial charge in [0.1, 0.15) is 0 Å². The number of primary amides is 1. The molecule has 2 nitrogen and oxygen atoms in total. The summed E-state index contributed by atoms with van der Waals surface area (Å²) in [7, 11) is 0. The van der Waals surface area contributed by atoms with Crippen LogP contribution in [0.1, 0.15) is 22.8 Å². The molecule has 0 saturated heterocycles. The van der Waals surface area contributed by atoms with E-state index in [1.54, 1.807) is 6.07 Å². The lowest BCUT2D eigenvalue weighted by atomic mass is 10.1. The first-order valence-corrected chi connectivity index (χ1v) is 4.53. The first-order valence-electron chi connectivity index (χ1n) is 3.74. The van der Waals surface area contributed by atoms with Crippen LogP contribution in [0.3, 0.4) is 0 Å². The average molecular weight is 228 g/mol. The van der Waals surface area contributed by atoms with E-state index in [0.717, 1.165) is 16.5 Å². The average Bonchev–Trinajstić information content (AvgIpc) is 2.04. The van der Waals surface area contributed by atoms with E-state index >= 15 is 0 Å². The molecule has 1 aromatic carbocycles. The van der Waals surface area contributed by atoms with E-state index in [0.29, 0.717) is 5.56 Å². The highest BCUT2D eigenvalue weighted by Gasteiger charge is 2.07. The minimum absolute atomic E-state index is 0.392. The molecule has 0 spiro atoms. The Kier molecular flexibility index (Phi) is 2.87. The van der Waals surface area contributed by atoms with Crippen molar-refractivity contribution in [1.82, 2.24) is 0 Å². The first kappa shape index (κ1) is 9.26. The lowest BCUT2D eigenvalue weighted by Gasteiger charge is -2.04. The van der Waals surface area contributed by atoms with E-state index in [9.17, 15) is 4.79 Å². The summed E-state index contributed by atoms with van der Waals surface area (Å²) < 4.78 is 0.819. The zero-order chi connectivity index (χ0) is 9.14. The fourth-order valence-electron chi connectivity index (χ4n) is 1.04. The van der Waals surface area contributed by atoms with Crippen molar-refractivity contribution in [3.05, 3.63) is 33.8 Å². The fourth-order valence-corrected chi connectivity index (χ4v) is 1.78. The van der Waals surface area contributed by atoms with Gasteiger partial charge in [-0.05, 0) is 34.0 Å². The zero-order valence-electron chi connectivity index (χ0n) is 6.80. The molecule has 0 atom stereocenters. The monoisotopic (exact) mass is 227 g/mol. The molecule has 0 radical (unpaired) electrons. The van der Waals surface area contributed by atoms with E-state index < -0.39 is 5.91 Å². The molecule has 2 N–H and O–H groups in total. The Morgan fingerprint density at radius 3 is 2.75 bits per heavy atom. The number of amides is 1. The van der Waals surface area contributed by atoms with Crippen molar-refractivity contribution in [1.29, 1.82) is 0 Å². The smallest absolute Gasteiger partial charge is 0.249 e. The van der Waals surface area contributed by atoms with Crippen LogP contribution < -0.4 is 5.73 Å². The Morgan fingerprint density at radius 1 is 1.58 bits per heavy atom. The van der Waals surface area contributed by atoms with Crippen LogP contribution in [-0.2, 0) is 6.42 Å². The van der Waals surface area contributed by atoms with E-state index in [1.165, 1.54) is 0 Å². The minimum atomic E-state index is -0.392. The minimum Gasteiger partial charge on any atom is -0.366 e. The molecule has 0 aliphatic carbocycles. The van der Waals surface area contributed by atoms with Crippen molar-refractivity contribution in [3.8, 4) is 0 Å². The number of hydrogen-bond acceptors (Lipinski definition) is 1. The van der Waals surface area contributed by atoms with Crippen LogP contribution in [0.15, 0.2) is 22.7 Å². The molecule has 0 aliphatic heterocycles. The number of aryl methyl sites for hydroxylation is 1. The molecular weight excluding hydrogens is 218 g/mol. The Hall–Kier alpha value is -0.830. The van der Waals surface area contributed by atoms with Crippen molar-refractivity contribution < 1.29 is 4.79 Å². The van der Waals surface area contributed by atoms with Crippen LogP contribution in [0.5, 0.6) is 0 Å². The van der Waals surface area contributed by atoms with Crippen LogP contribution >= 0.6 is 15.9 Å². The third kappa shape index (κ3) is 1.67. The van der Waals surface area contributed by atoms with Crippen LogP contribution in [0, 0.1) is 0 Å². The third-order valence-electron chi connectivity index (χ3n) is 1.73. The molecule has 64 valence electrons. The lowest BCUT2D eigenvalue weighted by Crippen LogP contribution is -2.12. The van der Waals surface area contributed by atoms with Gasteiger partial charge in [-0.2, -0.15) is 0 Å². The maximum absolute atomic E-state index is 10.9. The Bertz CT molecular complexity index is 309. The normalized spacial score (nSPS) is 9.83. The maximum Gasteiger partial charge on any atom is 0.249 e. The highest BCUT2D eigenvalue weighted by Crippen LogP contribution is 2.21. The van der Waals surface area contributed by atoms with Gasteiger partial charge >= 0.3 is 0 Å². The first-order chi connectivity index (χ1) is 5.66. The molecule has 1 aromatic rings. The van der Waals surface area contributed by atoms with Gasteiger partial charge in [-0.3, -0.25) is 4.79 Å². The lowest BCUT2D eigenvalue weighted by molar-refractivity contribution is 0.0999. The molecule has 0 saturated carbocycles. The third-order valence-corrected chi connectivity index (χ3v) is 2.66. The van der Waals surface area contributed by atoms with Gasteiger partial charge in [0.25, 0.3) is 0 Å². The van der Waals surface area contributed by atoms with Crippen LogP contribution in [0.2, 0.25) is 0 Å². The predicted molar refractivity (Wildman–Crippen MR) is 52.0 cm³/mol. The van der Waals surface area contributed by atoms with Gasteiger partial charge in [0, 0.05) is 4.47 Å². The number of nitrogens with two attached hydrogens (primary N) is 1. The van der Waals surface area contributed by atoms with Crippen molar-refractivity contribution in [2.45, 2.75) is 13.3 Å².